The van der Waals surface area contributed by atoms with Crippen molar-refractivity contribution in [1.82, 2.24) is 15.6 Å². The van der Waals surface area contributed by atoms with Crippen LogP contribution in [0.4, 0.5) is 0 Å². The molecule has 0 amide bonds. The van der Waals surface area contributed by atoms with E-state index in [1.54, 1.807) is 11.3 Å². The van der Waals surface area contributed by atoms with E-state index in [9.17, 15) is 0 Å². The summed E-state index contributed by atoms with van der Waals surface area (Å²) in [5.74, 6) is 2.32. The summed E-state index contributed by atoms with van der Waals surface area (Å²) in [6.45, 7) is 4.02. The van der Waals surface area contributed by atoms with Crippen molar-refractivity contribution in [3.63, 3.8) is 0 Å². The third-order valence-electron chi connectivity index (χ3n) is 4.49. The molecule has 0 saturated heterocycles. The number of hydrogen-bond acceptors (Lipinski definition) is 3. The van der Waals surface area contributed by atoms with Crippen LogP contribution in [0.15, 0.2) is 41.5 Å². The monoisotopic (exact) mass is 342 g/mol. The average molecular weight is 343 g/mol. The van der Waals surface area contributed by atoms with Gasteiger partial charge in [0.25, 0.3) is 0 Å². The summed E-state index contributed by atoms with van der Waals surface area (Å²) in [6, 6.07) is 10.8. The highest BCUT2D eigenvalue weighted by atomic mass is 32.1. The second-order valence-corrected chi connectivity index (χ2v) is 7.42. The summed E-state index contributed by atoms with van der Waals surface area (Å²) in [5, 5.41) is 8.04. The van der Waals surface area contributed by atoms with Gasteiger partial charge in [-0.2, -0.15) is 0 Å². The normalized spacial score (nSPS) is 20.0. The van der Waals surface area contributed by atoms with E-state index in [0.717, 1.165) is 37.8 Å². The van der Waals surface area contributed by atoms with Gasteiger partial charge in [0.2, 0.25) is 0 Å². The molecule has 4 nitrogen and oxygen atoms in total. The second kappa shape index (κ2) is 8.29. The Balaban J connectivity index is 1.37. The molecule has 1 aliphatic rings. The van der Waals surface area contributed by atoms with E-state index in [1.165, 1.54) is 21.9 Å². The van der Waals surface area contributed by atoms with Gasteiger partial charge < -0.3 is 10.6 Å². The molecule has 1 aromatic heterocycles. The standard InChI is InChI=1S/C19H26N4S/c1-3-16-13-22-18(24-16)9-10-21-19(20-2)23-12-15-11-17(15)14-7-5-4-6-8-14/h4-8,13,15,17H,3,9-12H2,1-2H3,(H2,20,21,23). The summed E-state index contributed by atoms with van der Waals surface area (Å²) in [5.41, 5.74) is 1.46. The van der Waals surface area contributed by atoms with Crippen LogP contribution in [-0.2, 0) is 12.8 Å². The summed E-state index contributed by atoms with van der Waals surface area (Å²) in [4.78, 5) is 10.1. The largest absolute Gasteiger partial charge is 0.356 e. The summed E-state index contributed by atoms with van der Waals surface area (Å²) < 4.78 is 0. The predicted molar refractivity (Wildman–Crippen MR) is 102 cm³/mol. The first-order chi connectivity index (χ1) is 11.8. The van der Waals surface area contributed by atoms with E-state index in [1.807, 2.05) is 13.2 Å². The van der Waals surface area contributed by atoms with Gasteiger partial charge in [0.05, 0.1) is 5.01 Å². The second-order valence-electron chi connectivity index (χ2n) is 6.22. The number of thiazole rings is 1. The van der Waals surface area contributed by atoms with Gasteiger partial charge in [-0.25, -0.2) is 4.98 Å². The predicted octanol–water partition coefficient (Wildman–Crippen LogP) is 3.22. The maximum atomic E-state index is 4.46. The zero-order chi connectivity index (χ0) is 16.8. The number of guanidine groups is 1. The number of nitrogens with one attached hydrogen (secondary N) is 2. The Bertz CT molecular complexity index is 665. The molecule has 128 valence electrons. The first kappa shape index (κ1) is 17.0. The summed E-state index contributed by atoms with van der Waals surface area (Å²) in [6.07, 6.45) is 5.27. The molecule has 2 atom stereocenters. The highest BCUT2D eigenvalue weighted by Crippen LogP contribution is 2.46. The van der Waals surface area contributed by atoms with Crippen molar-refractivity contribution >= 4 is 17.3 Å². The molecule has 2 unspecified atom stereocenters. The summed E-state index contributed by atoms with van der Waals surface area (Å²) >= 11 is 1.81. The molecule has 1 aromatic carbocycles. The van der Waals surface area contributed by atoms with E-state index in [2.05, 4.69) is 57.9 Å². The number of aromatic nitrogens is 1. The van der Waals surface area contributed by atoms with Gasteiger partial charge in [0, 0.05) is 37.6 Å². The van der Waals surface area contributed by atoms with E-state index in [-0.39, 0.29) is 0 Å². The number of aliphatic imine (C=N–C) groups is 1. The molecule has 1 heterocycles. The van der Waals surface area contributed by atoms with Gasteiger partial charge in [-0.1, -0.05) is 37.3 Å². The van der Waals surface area contributed by atoms with Crippen LogP contribution in [0.1, 0.15) is 34.7 Å². The fourth-order valence-corrected chi connectivity index (χ4v) is 3.81. The van der Waals surface area contributed by atoms with Crippen molar-refractivity contribution in [3.05, 3.63) is 52.0 Å². The van der Waals surface area contributed by atoms with E-state index < -0.39 is 0 Å². The van der Waals surface area contributed by atoms with E-state index in [4.69, 9.17) is 0 Å². The van der Waals surface area contributed by atoms with Gasteiger partial charge in [-0.15, -0.1) is 11.3 Å². The molecule has 5 heteroatoms. The van der Waals surface area contributed by atoms with Crippen molar-refractivity contribution in [2.45, 2.75) is 32.1 Å². The molecule has 2 N–H and O–H groups in total. The molecule has 24 heavy (non-hydrogen) atoms. The Morgan fingerprint density at radius 2 is 2.12 bits per heavy atom. The molecule has 2 aromatic rings. The third-order valence-corrected chi connectivity index (χ3v) is 5.69. The van der Waals surface area contributed by atoms with Crippen molar-refractivity contribution in [3.8, 4) is 0 Å². The first-order valence-electron chi connectivity index (χ1n) is 8.73. The van der Waals surface area contributed by atoms with Crippen molar-refractivity contribution in [2.24, 2.45) is 10.9 Å². The smallest absolute Gasteiger partial charge is 0.190 e. The van der Waals surface area contributed by atoms with Crippen molar-refractivity contribution in [2.75, 3.05) is 20.1 Å². The van der Waals surface area contributed by atoms with Gasteiger partial charge in [-0.3, -0.25) is 4.99 Å². The van der Waals surface area contributed by atoms with Crippen molar-refractivity contribution < 1.29 is 0 Å². The molecule has 3 rings (SSSR count). The van der Waals surface area contributed by atoms with Gasteiger partial charge >= 0.3 is 0 Å². The third kappa shape index (κ3) is 4.57. The Kier molecular flexibility index (Phi) is 5.86. The Morgan fingerprint density at radius 3 is 2.83 bits per heavy atom. The molecule has 1 aliphatic carbocycles. The van der Waals surface area contributed by atoms with Crippen molar-refractivity contribution in [1.29, 1.82) is 0 Å². The SMILES string of the molecule is CCc1cnc(CCNC(=NC)NCC2CC2c2ccccc2)s1. The number of rotatable bonds is 7. The minimum atomic E-state index is 0.708. The van der Waals surface area contributed by atoms with Crippen LogP contribution < -0.4 is 10.6 Å². The Labute approximate surface area is 148 Å². The van der Waals surface area contributed by atoms with E-state index in [0.29, 0.717) is 5.92 Å². The van der Waals surface area contributed by atoms with Crippen LogP contribution in [0.25, 0.3) is 0 Å². The minimum Gasteiger partial charge on any atom is -0.356 e. The molecular weight excluding hydrogens is 316 g/mol. The van der Waals surface area contributed by atoms with Gasteiger partial charge in [0.1, 0.15) is 0 Å². The number of benzene rings is 1. The van der Waals surface area contributed by atoms with Gasteiger partial charge in [0.15, 0.2) is 5.96 Å². The lowest BCUT2D eigenvalue weighted by Gasteiger charge is -2.11. The molecule has 0 bridgehead atoms. The lowest BCUT2D eigenvalue weighted by molar-refractivity contribution is 0.717. The fraction of sp³-hybridized carbons (Fsp3) is 0.474. The Hall–Kier alpha value is -1.88. The highest BCUT2D eigenvalue weighted by Gasteiger charge is 2.37. The van der Waals surface area contributed by atoms with Crippen LogP contribution in [-0.4, -0.2) is 31.1 Å². The first-order valence-corrected chi connectivity index (χ1v) is 9.54. The van der Waals surface area contributed by atoms with Crippen LogP contribution >= 0.6 is 11.3 Å². The number of nitrogens with zero attached hydrogens (tertiary/aromatic N) is 2. The molecule has 0 aliphatic heterocycles. The topological polar surface area (TPSA) is 49.3 Å². The zero-order valence-electron chi connectivity index (χ0n) is 14.5. The molecule has 0 spiro atoms. The zero-order valence-corrected chi connectivity index (χ0v) is 15.3. The minimum absolute atomic E-state index is 0.708. The molecular formula is C19H26N4S. The van der Waals surface area contributed by atoms with E-state index >= 15 is 0 Å². The fourth-order valence-electron chi connectivity index (χ4n) is 2.94. The molecule has 0 radical (unpaired) electrons. The Morgan fingerprint density at radius 1 is 1.29 bits per heavy atom. The lowest BCUT2D eigenvalue weighted by Crippen LogP contribution is -2.39. The molecule has 1 fully saturated rings. The lowest BCUT2D eigenvalue weighted by atomic mass is 10.1. The van der Waals surface area contributed by atoms with Crippen LogP contribution in [0.5, 0.6) is 0 Å². The number of aryl methyl sites for hydroxylation is 1. The molecule has 1 saturated carbocycles. The van der Waals surface area contributed by atoms with Crippen LogP contribution in [0.2, 0.25) is 0 Å². The van der Waals surface area contributed by atoms with Gasteiger partial charge in [-0.05, 0) is 30.2 Å². The summed E-state index contributed by atoms with van der Waals surface area (Å²) in [7, 11) is 1.83. The number of hydrogen-bond donors (Lipinski definition) is 2. The average Bonchev–Trinajstić information content (AvgIpc) is 3.27. The maximum absolute atomic E-state index is 4.46. The van der Waals surface area contributed by atoms with Crippen LogP contribution in [0.3, 0.4) is 0 Å². The highest BCUT2D eigenvalue weighted by molar-refractivity contribution is 7.11. The quantitative estimate of drug-likeness (QED) is 0.600. The van der Waals surface area contributed by atoms with Crippen LogP contribution in [0, 0.1) is 5.92 Å². The maximum Gasteiger partial charge on any atom is 0.190 e.